The van der Waals surface area contributed by atoms with Crippen LogP contribution in [-0.4, -0.2) is 569 Å². The van der Waals surface area contributed by atoms with Gasteiger partial charge in [-0.25, -0.2) is 0 Å². The Morgan fingerprint density at radius 1 is 0.212 bits per heavy atom. The highest BCUT2D eigenvalue weighted by atomic mass is 16.8. The zero-order valence-electron chi connectivity index (χ0n) is 71.3. The lowest BCUT2D eigenvalue weighted by atomic mass is 9.93. The predicted molar refractivity (Wildman–Crippen MR) is 406 cm³/mol. The molecule has 0 saturated carbocycles. The van der Waals surface area contributed by atoms with Crippen molar-refractivity contribution in [2.45, 2.75) is 379 Å². The van der Waals surface area contributed by atoms with Crippen molar-refractivity contribution in [2.24, 2.45) is 0 Å². The number of hydrogen-bond acceptors (Lipinski definition) is 54. The maximum Gasteiger partial charge on any atom is 0.217 e. The highest BCUT2D eigenvalue weighted by molar-refractivity contribution is 5.74. The van der Waals surface area contributed by atoms with E-state index < -0.39 is 421 Å². The van der Waals surface area contributed by atoms with E-state index in [2.05, 4.69) is 21.3 Å². The summed E-state index contributed by atoms with van der Waals surface area (Å²) in [6.45, 7) is -3.95. The minimum atomic E-state index is -2.66. The van der Waals surface area contributed by atoms with Crippen LogP contribution >= 0.6 is 0 Å². The van der Waals surface area contributed by atoms with Gasteiger partial charge in [-0.05, 0) is 13.8 Å². The van der Waals surface area contributed by atoms with Crippen LogP contribution < -0.4 is 21.3 Å². The number of rotatable bonds is 33. The van der Waals surface area contributed by atoms with Crippen molar-refractivity contribution in [1.82, 2.24) is 21.3 Å². The molecule has 0 spiro atoms. The molecule has 58 heteroatoms. The Kier molecular flexibility index (Phi) is 38.5. The van der Waals surface area contributed by atoms with E-state index in [1.807, 2.05) is 0 Å². The summed E-state index contributed by atoms with van der Waals surface area (Å²) in [4.78, 5) is 52.1. The van der Waals surface area contributed by atoms with Crippen LogP contribution in [0, 0.1) is 0 Å². The van der Waals surface area contributed by atoms with Crippen molar-refractivity contribution >= 4 is 23.6 Å². The van der Waals surface area contributed by atoms with Crippen LogP contribution in [0.1, 0.15) is 41.5 Å². The van der Waals surface area contributed by atoms with Gasteiger partial charge in [0.2, 0.25) is 23.6 Å². The molecule has 0 bridgehead atoms. The molecule has 55 atom stereocenters. The normalized spacial score (nSPS) is 50.4. The molecule has 11 aliphatic heterocycles. The van der Waals surface area contributed by atoms with Gasteiger partial charge in [0, 0.05) is 27.7 Å². The lowest BCUT2D eigenvalue weighted by Gasteiger charge is -2.51. The minimum absolute atomic E-state index is 0.856. The molecular formula is C74H124N4O54. The van der Waals surface area contributed by atoms with Crippen molar-refractivity contribution in [3.63, 3.8) is 0 Å². The zero-order valence-corrected chi connectivity index (χ0v) is 71.3. The van der Waals surface area contributed by atoms with Crippen LogP contribution in [0.15, 0.2) is 0 Å². The van der Waals surface area contributed by atoms with Crippen molar-refractivity contribution in [1.29, 1.82) is 0 Å². The molecule has 11 aliphatic rings. The highest BCUT2D eigenvalue weighted by Gasteiger charge is 2.63. The Hall–Kier alpha value is -4.12. The fourth-order valence-corrected chi connectivity index (χ4v) is 17.2. The van der Waals surface area contributed by atoms with Crippen LogP contribution in [0.2, 0.25) is 0 Å². The summed E-state index contributed by atoms with van der Waals surface area (Å²) in [5, 5.41) is 335. The molecule has 11 fully saturated rings. The first-order valence-corrected chi connectivity index (χ1v) is 42.4. The number of ether oxygens (including phenoxy) is 21. The van der Waals surface area contributed by atoms with Crippen molar-refractivity contribution in [3.8, 4) is 0 Å². The summed E-state index contributed by atoms with van der Waals surface area (Å²) >= 11 is 0. The molecule has 764 valence electrons. The molecule has 4 amide bonds. The number of carbonyl (C=O) groups is 4. The Balaban J connectivity index is 0.919. The average Bonchev–Trinajstić information content (AvgIpc) is 0.761. The maximum absolute atomic E-state index is 13.3. The summed E-state index contributed by atoms with van der Waals surface area (Å²) in [5.41, 5.74) is 0. The lowest BCUT2D eigenvalue weighted by Crippen LogP contribution is -2.71. The summed E-state index contributed by atoms with van der Waals surface area (Å²) in [6.07, 6.45) is -106. The Morgan fingerprint density at radius 2 is 0.462 bits per heavy atom. The molecule has 0 aromatic carbocycles. The molecule has 0 radical (unpaired) electrons. The predicted octanol–water partition coefficient (Wildman–Crippen LogP) is -22.3. The Bertz CT molecular complexity index is 3610. The fraction of sp³-hybridized carbons (Fsp3) is 0.946. The monoisotopic (exact) mass is 1930 g/mol. The summed E-state index contributed by atoms with van der Waals surface area (Å²) < 4.78 is 125. The molecule has 132 heavy (non-hydrogen) atoms. The van der Waals surface area contributed by atoms with Gasteiger partial charge in [0.1, 0.15) is 256 Å². The molecule has 0 unspecified atom stereocenters. The minimum Gasteiger partial charge on any atom is -0.394 e. The number of aliphatic hydroxyl groups excluding tert-OH is 29. The van der Waals surface area contributed by atoms with Crippen molar-refractivity contribution < 1.29 is 267 Å². The first kappa shape index (κ1) is 108. The van der Waals surface area contributed by atoms with Crippen LogP contribution in [0.4, 0.5) is 0 Å². The zero-order chi connectivity index (χ0) is 97.1. The van der Waals surface area contributed by atoms with E-state index in [0.29, 0.717) is 0 Å². The van der Waals surface area contributed by atoms with Crippen molar-refractivity contribution in [3.05, 3.63) is 0 Å². The van der Waals surface area contributed by atoms with Gasteiger partial charge < -0.3 is 269 Å². The van der Waals surface area contributed by atoms with E-state index in [1.54, 1.807) is 0 Å². The standard InChI is InChI=1S/C74H124N4O54/c1-16-35(90)46(101)52(107)68(114-16)112-15-30-59(42(97)31(64(111)116-30)75-18(3)86)125-65-32(76-19(4)87)43(98)57(27(12-84)121-65)127-71-55(110)60(129-74-62(50(105)39(94)25(10-82)120-74)131-67-33(77-20(5)88)44(99)56(26(11-83)122-67)126-70-54(109)48(103)37(92)22(7-79)117-70)41(96)29(124-71)14-113-72-61(49(104)38(93)23(8-80)118-72)130-66-34(78-21(6)89)45(100)58(28(13-85)123-66)128-73-63(51(106)40(95)24(9-81)119-73)132-69-53(108)47(102)36(91)17(2)115-69/h16-17,22-74,79-85,90-111H,7-15H2,1-6H3,(H,75,86)(H,76,87)(H,77,88)(H,78,89)/t16-,17-,22+,23+,24+,25+,26+,27+,28+,29+,30+,31+,32+,33+,34+,35+,36+,37-,38+,39+,40-,41+,42+,43+,44+,45+,46+,47+,48-,49-,50-,51-,52-,53-,54+,55-,56+,57+,58+,59+,60-,61-,62-,63+,64+,65-,66-,67-,68+,69-,70-,71-,72-,73-,74+/m0/s1. The second kappa shape index (κ2) is 47.0. The van der Waals surface area contributed by atoms with Crippen LogP contribution in [0.25, 0.3) is 0 Å². The molecule has 58 nitrogen and oxygen atoms in total. The maximum atomic E-state index is 13.3. The van der Waals surface area contributed by atoms with Crippen LogP contribution in [0.5, 0.6) is 0 Å². The Morgan fingerprint density at radius 3 is 0.856 bits per heavy atom. The molecule has 11 rings (SSSR count). The van der Waals surface area contributed by atoms with Gasteiger partial charge in [0.15, 0.2) is 69.2 Å². The van der Waals surface area contributed by atoms with E-state index in [1.165, 1.54) is 13.8 Å². The van der Waals surface area contributed by atoms with Gasteiger partial charge in [0.25, 0.3) is 0 Å². The van der Waals surface area contributed by atoms with E-state index in [9.17, 15) is 167 Å². The first-order chi connectivity index (χ1) is 62.4. The second-order valence-electron chi connectivity index (χ2n) is 33.8. The van der Waals surface area contributed by atoms with E-state index in [-0.39, 0.29) is 0 Å². The summed E-state index contributed by atoms with van der Waals surface area (Å²) in [6, 6.07) is -7.85. The van der Waals surface area contributed by atoms with Crippen molar-refractivity contribution in [2.75, 3.05) is 59.5 Å². The molecule has 11 saturated heterocycles. The molecule has 11 heterocycles. The van der Waals surface area contributed by atoms with Gasteiger partial charge in [0.05, 0.1) is 71.7 Å². The lowest BCUT2D eigenvalue weighted by molar-refractivity contribution is -0.400. The van der Waals surface area contributed by atoms with E-state index >= 15 is 0 Å². The smallest absolute Gasteiger partial charge is 0.217 e. The summed E-state index contributed by atoms with van der Waals surface area (Å²) in [7, 11) is 0. The van der Waals surface area contributed by atoms with Crippen LogP contribution in [-0.2, 0) is 119 Å². The first-order valence-electron chi connectivity index (χ1n) is 42.4. The molecule has 0 aromatic heterocycles. The summed E-state index contributed by atoms with van der Waals surface area (Å²) in [5.74, 6) is -3.85. The topological polar surface area (TPSA) is 897 Å². The Labute approximate surface area is 748 Å². The van der Waals surface area contributed by atoms with Gasteiger partial charge >= 0.3 is 0 Å². The molecule has 0 aliphatic carbocycles. The van der Waals surface area contributed by atoms with Gasteiger partial charge in [-0.2, -0.15) is 0 Å². The van der Waals surface area contributed by atoms with Gasteiger partial charge in [-0.1, -0.05) is 0 Å². The van der Waals surface area contributed by atoms with E-state index in [0.717, 1.165) is 27.7 Å². The highest BCUT2D eigenvalue weighted by Crippen LogP contribution is 2.42. The van der Waals surface area contributed by atoms with Gasteiger partial charge in [-0.15, -0.1) is 0 Å². The average molecular weight is 1930 g/mol. The number of amides is 4. The molecule has 0 aromatic rings. The third-order valence-electron chi connectivity index (χ3n) is 24.5. The van der Waals surface area contributed by atoms with Crippen LogP contribution in [0.3, 0.4) is 0 Å². The number of nitrogens with one attached hydrogen (secondary N) is 4. The third kappa shape index (κ3) is 23.7. The number of carbonyl (C=O) groups excluding carboxylic acids is 4. The largest absolute Gasteiger partial charge is 0.394 e. The quantitative estimate of drug-likeness (QED) is 0.0290. The van der Waals surface area contributed by atoms with E-state index in [4.69, 9.17) is 99.5 Å². The second-order valence-corrected chi connectivity index (χ2v) is 33.8. The fourth-order valence-electron chi connectivity index (χ4n) is 17.2. The third-order valence-corrected chi connectivity index (χ3v) is 24.5. The number of aliphatic hydroxyl groups is 29. The SMILES string of the molecule is CC(=O)N[C@@H]1[C@@H](O)[C@H](O[C@@H]2O[C@H](CO)[C@@H](O[C@@H]3O[C@H](CO[C@H]4O[C@H](CO)[C@@H](O)[C@H](O)[C@@H]4O[C@@H]4O[C@H](CO)[C@@H](O[C@@H]5O[C@H](CO)[C@H](O)[C@H](O)[C@H]5O[C@@H]5O[C@@H](C)[C@@H](O)[C@@H](O)[C@@H]5O)[C@H](O)[C@H]4NC(C)=O)[C@@H](O)[C@H](O[C@H]4O[C@H](CO)[C@@H](O)[C@H](O)[C@@H]4O[C@@H]4O[C@H](CO)[C@@H](O[C@@H]5O[C@H](CO)[C@H](O)[C@H](O)[C@H]5O)[C@H](O)[C@H]4NC(C)=O)[C@@H]3O)[C@H](O)[C@H]2NC(C)=O)[C@@H](CO[C@@H]2O[C@@H](C)[C@@H](O)[C@@H](O)[C@@H]2O)O[C@H]1O. The molecular weight excluding hydrogens is 1810 g/mol. The molecule has 33 N–H and O–H groups in total. The van der Waals surface area contributed by atoms with Gasteiger partial charge in [-0.3, -0.25) is 19.2 Å². The number of hydrogen-bond donors (Lipinski definition) is 33.